The summed E-state index contributed by atoms with van der Waals surface area (Å²) in [5.74, 6) is 0.983. The van der Waals surface area contributed by atoms with Crippen LogP contribution in [0.1, 0.15) is 16.7 Å². The molecule has 0 atom stereocenters. The first-order valence-corrected chi connectivity index (χ1v) is 8.13. The van der Waals surface area contributed by atoms with Crippen LogP contribution in [0, 0.1) is 0 Å². The van der Waals surface area contributed by atoms with E-state index in [1.54, 1.807) is 18.2 Å². The zero-order chi connectivity index (χ0) is 19.4. The highest BCUT2D eigenvalue weighted by Gasteiger charge is 2.29. The number of alkyl halides is 3. The molecule has 0 aliphatic rings. The van der Waals surface area contributed by atoms with Crippen molar-refractivity contribution in [2.24, 2.45) is 0 Å². The molecule has 0 aliphatic carbocycles. The standard InChI is InChI=1S/C18H17F3N4O2/c1-27-15-6-7-16(17-22-24-25(23-17)8-9-26)13(11-15)10-12-2-4-14(5-3-12)18(19,20)21/h2-7,11,26H,8-10H2,1H3. The summed E-state index contributed by atoms with van der Waals surface area (Å²) in [4.78, 5) is 1.28. The Kier molecular flexibility index (Phi) is 5.41. The number of nitrogens with zero attached hydrogens (tertiary/aromatic N) is 4. The summed E-state index contributed by atoms with van der Waals surface area (Å²) in [7, 11) is 1.53. The fourth-order valence-corrected chi connectivity index (χ4v) is 2.63. The van der Waals surface area contributed by atoms with Gasteiger partial charge in [0.25, 0.3) is 0 Å². The van der Waals surface area contributed by atoms with Crippen molar-refractivity contribution < 1.29 is 23.0 Å². The number of benzene rings is 2. The van der Waals surface area contributed by atoms with Gasteiger partial charge in [0.15, 0.2) is 0 Å². The lowest BCUT2D eigenvalue weighted by molar-refractivity contribution is -0.137. The maximum Gasteiger partial charge on any atom is 0.416 e. The first kappa shape index (κ1) is 18.8. The molecule has 1 aromatic heterocycles. The topological polar surface area (TPSA) is 73.1 Å². The zero-order valence-electron chi connectivity index (χ0n) is 14.4. The molecule has 0 bridgehead atoms. The molecule has 1 heterocycles. The number of methoxy groups -OCH3 is 1. The van der Waals surface area contributed by atoms with Crippen molar-refractivity contribution in [2.45, 2.75) is 19.1 Å². The second-order valence-corrected chi connectivity index (χ2v) is 5.83. The summed E-state index contributed by atoms with van der Waals surface area (Å²) >= 11 is 0. The van der Waals surface area contributed by atoms with Gasteiger partial charge in [-0.05, 0) is 53.1 Å². The largest absolute Gasteiger partial charge is 0.497 e. The van der Waals surface area contributed by atoms with Crippen molar-refractivity contribution in [1.29, 1.82) is 0 Å². The van der Waals surface area contributed by atoms with Crippen LogP contribution >= 0.6 is 0 Å². The first-order chi connectivity index (χ1) is 12.9. The highest BCUT2D eigenvalue weighted by molar-refractivity contribution is 5.62. The summed E-state index contributed by atoms with van der Waals surface area (Å²) in [6.45, 7) is 0.105. The lowest BCUT2D eigenvalue weighted by atomic mass is 9.98. The van der Waals surface area contributed by atoms with Gasteiger partial charge in [0.1, 0.15) is 5.75 Å². The maximum atomic E-state index is 12.7. The van der Waals surface area contributed by atoms with Crippen LogP contribution in [0.5, 0.6) is 5.75 Å². The number of aliphatic hydroxyl groups excluding tert-OH is 1. The van der Waals surface area contributed by atoms with Crippen LogP contribution in [-0.2, 0) is 19.1 Å². The second-order valence-electron chi connectivity index (χ2n) is 5.83. The van der Waals surface area contributed by atoms with Crippen LogP contribution in [0.3, 0.4) is 0 Å². The molecule has 0 amide bonds. The lowest BCUT2D eigenvalue weighted by Gasteiger charge is -2.11. The van der Waals surface area contributed by atoms with Gasteiger partial charge in [-0.15, -0.1) is 10.2 Å². The van der Waals surface area contributed by atoms with E-state index >= 15 is 0 Å². The van der Waals surface area contributed by atoms with Crippen molar-refractivity contribution in [3.8, 4) is 17.1 Å². The number of tetrazole rings is 1. The van der Waals surface area contributed by atoms with E-state index in [0.29, 0.717) is 29.1 Å². The Balaban J connectivity index is 1.93. The summed E-state index contributed by atoms with van der Waals surface area (Å²) in [5.41, 5.74) is 1.50. The highest BCUT2D eigenvalue weighted by Crippen LogP contribution is 2.31. The minimum absolute atomic E-state index is 0.114. The summed E-state index contributed by atoms with van der Waals surface area (Å²) in [6.07, 6.45) is -3.99. The normalized spacial score (nSPS) is 11.6. The average molecular weight is 378 g/mol. The van der Waals surface area contributed by atoms with E-state index in [2.05, 4.69) is 15.4 Å². The minimum atomic E-state index is -4.37. The number of aromatic nitrogens is 4. The lowest BCUT2D eigenvalue weighted by Crippen LogP contribution is -2.06. The van der Waals surface area contributed by atoms with Crippen LogP contribution in [0.4, 0.5) is 13.2 Å². The Bertz CT molecular complexity index is 908. The fraction of sp³-hybridized carbons (Fsp3) is 0.278. The van der Waals surface area contributed by atoms with E-state index in [9.17, 15) is 13.2 Å². The number of ether oxygens (including phenoxy) is 1. The van der Waals surface area contributed by atoms with Crippen LogP contribution in [0.15, 0.2) is 42.5 Å². The molecule has 0 spiro atoms. The molecular weight excluding hydrogens is 361 g/mol. The third-order valence-corrected chi connectivity index (χ3v) is 3.98. The number of aliphatic hydroxyl groups is 1. The van der Waals surface area contributed by atoms with Crippen LogP contribution in [0.25, 0.3) is 11.4 Å². The molecule has 27 heavy (non-hydrogen) atoms. The number of halogens is 3. The van der Waals surface area contributed by atoms with Crippen molar-refractivity contribution in [3.05, 3.63) is 59.2 Å². The molecule has 2 aromatic carbocycles. The Morgan fingerprint density at radius 3 is 2.48 bits per heavy atom. The van der Waals surface area contributed by atoms with E-state index in [4.69, 9.17) is 9.84 Å². The average Bonchev–Trinajstić information content (AvgIpc) is 3.10. The Labute approximate surface area is 153 Å². The van der Waals surface area contributed by atoms with Gasteiger partial charge in [0.2, 0.25) is 5.82 Å². The van der Waals surface area contributed by atoms with Gasteiger partial charge in [0, 0.05) is 5.56 Å². The van der Waals surface area contributed by atoms with Gasteiger partial charge in [-0.2, -0.15) is 18.0 Å². The van der Waals surface area contributed by atoms with Crippen LogP contribution in [0.2, 0.25) is 0 Å². The summed E-state index contributed by atoms with van der Waals surface area (Å²) in [6, 6.07) is 10.3. The van der Waals surface area contributed by atoms with Gasteiger partial charge >= 0.3 is 6.18 Å². The SMILES string of the molecule is COc1ccc(-c2nnn(CCO)n2)c(Cc2ccc(C(F)(F)F)cc2)c1. The molecule has 0 saturated carbocycles. The van der Waals surface area contributed by atoms with Gasteiger partial charge in [0.05, 0.1) is 25.8 Å². The minimum Gasteiger partial charge on any atom is -0.497 e. The molecule has 0 radical (unpaired) electrons. The van der Waals surface area contributed by atoms with E-state index in [1.165, 1.54) is 24.0 Å². The third-order valence-electron chi connectivity index (χ3n) is 3.98. The molecule has 9 heteroatoms. The van der Waals surface area contributed by atoms with Crippen molar-refractivity contribution in [1.82, 2.24) is 20.2 Å². The molecular formula is C18H17F3N4O2. The van der Waals surface area contributed by atoms with E-state index in [0.717, 1.165) is 17.7 Å². The van der Waals surface area contributed by atoms with E-state index < -0.39 is 11.7 Å². The molecule has 0 unspecified atom stereocenters. The number of rotatable bonds is 6. The van der Waals surface area contributed by atoms with Crippen molar-refractivity contribution in [3.63, 3.8) is 0 Å². The molecule has 0 saturated heterocycles. The predicted octanol–water partition coefficient (Wildman–Crippen LogP) is 2.95. The Morgan fingerprint density at radius 1 is 1.11 bits per heavy atom. The molecule has 3 rings (SSSR count). The Hall–Kier alpha value is -2.94. The van der Waals surface area contributed by atoms with Crippen molar-refractivity contribution >= 4 is 0 Å². The summed E-state index contributed by atoms with van der Waals surface area (Å²) in [5, 5.41) is 21.1. The van der Waals surface area contributed by atoms with E-state index in [1.807, 2.05) is 0 Å². The molecule has 0 fully saturated rings. The highest BCUT2D eigenvalue weighted by atomic mass is 19.4. The van der Waals surface area contributed by atoms with Crippen LogP contribution in [-0.4, -0.2) is 39.0 Å². The monoisotopic (exact) mass is 378 g/mol. The quantitative estimate of drug-likeness (QED) is 0.714. The van der Waals surface area contributed by atoms with Crippen LogP contribution < -0.4 is 4.74 Å². The van der Waals surface area contributed by atoms with Gasteiger partial charge in [-0.25, -0.2) is 0 Å². The molecule has 6 nitrogen and oxygen atoms in total. The molecule has 1 N–H and O–H groups in total. The van der Waals surface area contributed by atoms with Gasteiger partial charge in [-0.3, -0.25) is 0 Å². The Morgan fingerprint density at radius 2 is 1.85 bits per heavy atom. The van der Waals surface area contributed by atoms with Crippen molar-refractivity contribution in [2.75, 3.05) is 13.7 Å². The van der Waals surface area contributed by atoms with Gasteiger partial charge < -0.3 is 9.84 Å². The number of hydrogen-bond acceptors (Lipinski definition) is 5. The third kappa shape index (κ3) is 4.43. The molecule has 0 aliphatic heterocycles. The maximum absolute atomic E-state index is 12.7. The summed E-state index contributed by atoms with van der Waals surface area (Å²) < 4.78 is 43.5. The second kappa shape index (κ2) is 7.75. The van der Waals surface area contributed by atoms with Gasteiger partial charge in [-0.1, -0.05) is 12.1 Å². The van der Waals surface area contributed by atoms with E-state index in [-0.39, 0.29) is 13.2 Å². The fourth-order valence-electron chi connectivity index (χ4n) is 2.63. The predicted molar refractivity (Wildman–Crippen MR) is 91.1 cm³/mol. The molecule has 3 aromatic rings. The zero-order valence-corrected chi connectivity index (χ0v) is 14.4. The smallest absolute Gasteiger partial charge is 0.416 e. The molecule has 142 valence electrons. The number of hydrogen-bond donors (Lipinski definition) is 1. The first-order valence-electron chi connectivity index (χ1n) is 8.13.